The highest BCUT2D eigenvalue weighted by Gasteiger charge is 2.04. The molecule has 5 heteroatoms. The molecular formula is C12H14FN3O. The summed E-state index contributed by atoms with van der Waals surface area (Å²) in [5.41, 5.74) is 6.46. The number of nitrogens with one attached hydrogen (secondary N) is 1. The van der Waals surface area contributed by atoms with Gasteiger partial charge in [0.1, 0.15) is 5.82 Å². The van der Waals surface area contributed by atoms with Gasteiger partial charge in [-0.2, -0.15) is 0 Å². The van der Waals surface area contributed by atoms with Crippen molar-refractivity contribution in [2.75, 3.05) is 6.54 Å². The van der Waals surface area contributed by atoms with Gasteiger partial charge in [0.25, 0.3) is 0 Å². The lowest BCUT2D eigenvalue weighted by Gasteiger charge is -2.05. The summed E-state index contributed by atoms with van der Waals surface area (Å²) in [6, 6.07) is 4.26. The fourth-order valence-electron chi connectivity index (χ4n) is 1.32. The van der Waals surface area contributed by atoms with Gasteiger partial charge in [-0.05, 0) is 30.7 Å². The molecule has 0 atom stereocenters. The van der Waals surface area contributed by atoms with E-state index in [9.17, 15) is 4.39 Å². The zero-order valence-corrected chi connectivity index (χ0v) is 9.50. The Hall–Kier alpha value is -2.06. The van der Waals surface area contributed by atoms with E-state index in [0.717, 1.165) is 0 Å². The number of amidine groups is 1. The van der Waals surface area contributed by atoms with Gasteiger partial charge < -0.3 is 16.3 Å². The van der Waals surface area contributed by atoms with Crippen molar-refractivity contribution in [3.05, 3.63) is 35.1 Å². The lowest BCUT2D eigenvalue weighted by Crippen LogP contribution is -2.16. The molecule has 0 heterocycles. The normalized spacial score (nSPS) is 10.8. The molecule has 0 bridgehead atoms. The van der Waals surface area contributed by atoms with Crippen LogP contribution in [-0.4, -0.2) is 17.6 Å². The van der Waals surface area contributed by atoms with Crippen LogP contribution < -0.4 is 11.1 Å². The largest absolute Gasteiger partial charge is 0.409 e. The van der Waals surface area contributed by atoms with Crippen molar-refractivity contribution in [3.63, 3.8) is 0 Å². The molecule has 4 nitrogen and oxygen atoms in total. The first kappa shape index (κ1) is 13.0. The van der Waals surface area contributed by atoms with E-state index in [2.05, 4.69) is 22.3 Å². The van der Waals surface area contributed by atoms with Crippen LogP contribution in [0.2, 0.25) is 0 Å². The summed E-state index contributed by atoms with van der Waals surface area (Å²) in [5, 5.41) is 14.4. The van der Waals surface area contributed by atoms with Gasteiger partial charge in [0, 0.05) is 12.1 Å². The molecule has 1 rings (SSSR count). The molecule has 0 unspecified atom stereocenters. The van der Waals surface area contributed by atoms with Crippen LogP contribution in [0.15, 0.2) is 23.4 Å². The van der Waals surface area contributed by atoms with Crippen LogP contribution in [0.1, 0.15) is 18.1 Å². The molecule has 0 amide bonds. The van der Waals surface area contributed by atoms with Gasteiger partial charge >= 0.3 is 0 Å². The molecule has 0 spiro atoms. The second kappa shape index (κ2) is 6.51. The van der Waals surface area contributed by atoms with Gasteiger partial charge in [0.15, 0.2) is 5.84 Å². The monoisotopic (exact) mass is 235 g/mol. The summed E-state index contributed by atoms with van der Waals surface area (Å²) in [5.74, 6) is 5.05. The predicted octanol–water partition coefficient (Wildman–Crippen LogP) is 1.03. The second-order valence-corrected chi connectivity index (χ2v) is 3.36. The van der Waals surface area contributed by atoms with Crippen LogP contribution in [0.4, 0.5) is 4.39 Å². The van der Waals surface area contributed by atoms with Crippen molar-refractivity contribution >= 4 is 5.84 Å². The summed E-state index contributed by atoms with van der Waals surface area (Å²) in [6.07, 6.45) is 0. The second-order valence-electron chi connectivity index (χ2n) is 3.36. The third-order valence-electron chi connectivity index (χ3n) is 2.08. The minimum atomic E-state index is -0.424. The highest BCUT2D eigenvalue weighted by atomic mass is 19.1. The van der Waals surface area contributed by atoms with Crippen molar-refractivity contribution in [2.24, 2.45) is 10.9 Å². The van der Waals surface area contributed by atoms with Crippen molar-refractivity contribution in [2.45, 2.75) is 13.5 Å². The number of rotatable bonds is 4. The zero-order valence-electron chi connectivity index (χ0n) is 9.50. The van der Waals surface area contributed by atoms with E-state index in [1.54, 1.807) is 13.0 Å². The van der Waals surface area contributed by atoms with Crippen LogP contribution in [0, 0.1) is 17.7 Å². The number of nitrogens with two attached hydrogens (primary N) is 1. The Kier molecular flexibility index (Phi) is 4.98. The van der Waals surface area contributed by atoms with Gasteiger partial charge in [0.05, 0.1) is 6.54 Å². The van der Waals surface area contributed by atoms with Crippen molar-refractivity contribution in [1.82, 2.24) is 5.32 Å². The average Bonchev–Trinajstić information content (AvgIpc) is 2.33. The standard InChI is InChI=1S/C12H14FN3O/c1-2-3-4-15-8-9-5-10(12(14)16-17)7-11(13)6-9/h5-7,15,17H,4,8H2,1H3,(H2,14,16). The molecule has 1 aromatic carbocycles. The summed E-state index contributed by atoms with van der Waals surface area (Å²) in [4.78, 5) is 0. The molecule has 0 aromatic heterocycles. The molecule has 0 saturated carbocycles. The number of benzene rings is 1. The van der Waals surface area contributed by atoms with Gasteiger partial charge in [-0.3, -0.25) is 0 Å². The maximum atomic E-state index is 13.3. The smallest absolute Gasteiger partial charge is 0.170 e. The summed E-state index contributed by atoms with van der Waals surface area (Å²) in [7, 11) is 0. The van der Waals surface area contributed by atoms with E-state index in [1.807, 2.05) is 0 Å². The van der Waals surface area contributed by atoms with Crippen LogP contribution in [0.25, 0.3) is 0 Å². The molecule has 17 heavy (non-hydrogen) atoms. The summed E-state index contributed by atoms with van der Waals surface area (Å²) >= 11 is 0. The minimum Gasteiger partial charge on any atom is -0.409 e. The summed E-state index contributed by atoms with van der Waals surface area (Å²) in [6.45, 7) is 2.75. The lowest BCUT2D eigenvalue weighted by molar-refractivity contribution is 0.318. The van der Waals surface area contributed by atoms with Gasteiger partial charge in [-0.15, -0.1) is 5.92 Å². The van der Waals surface area contributed by atoms with Gasteiger partial charge in [-0.1, -0.05) is 11.1 Å². The van der Waals surface area contributed by atoms with Crippen molar-refractivity contribution in [3.8, 4) is 11.8 Å². The van der Waals surface area contributed by atoms with E-state index in [1.165, 1.54) is 12.1 Å². The molecule has 0 aliphatic rings. The average molecular weight is 235 g/mol. The molecule has 0 fully saturated rings. The van der Waals surface area contributed by atoms with Crippen LogP contribution in [0.5, 0.6) is 0 Å². The Morgan fingerprint density at radius 1 is 1.53 bits per heavy atom. The fraction of sp³-hybridized carbons (Fsp3) is 0.250. The van der Waals surface area contributed by atoms with E-state index in [0.29, 0.717) is 24.2 Å². The Balaban J connectivity index is 2.78. The SMILES string of the molecule is CC#CCNCc1cc(F)cc(/C(N)=N/O)c1. The summed E-state index contributed by atoms with van der Waals surface area (Å²) < 4.78 is 13.3. The maximum absolute atomic E-state index is 13.3. The molecule has 0 saturated heterocycles. The molecule has 0 aliphatic heterocycles. The first-order valence-electron chi connectivity index (χ1n) is 5.05. The number of halogens is 1. The van der Waals surface area contributed by atoms with Gasteiger partial charge in [0.2, 0.25) is 0 Å². The number of oxime groups is 1. The Labute approximate surface area is 99.3 Å². The van der Waals surface area contributed by atoms with Crippen molar-refractivity contribution in [1.29, 1.82) is 0 Å². The molecule has 4 N–H and O–H groups in total. The van der Waals surface area contributed by atoms with Crippen molar-refractivity contribution < 1.29 is 9.60 Å². The zero-order chi connectivity index (χ0) is 12.7. The van der Waals surface area contributed by atoms with Crippen LogP contribution in [0.3, 0.4) is 0 Å². The highest BCUT2D eigenvalue weighted by molar-refractivity contribution is 5.97. The Bertz CT molecular complexity index is 474. The van der Waals surface area contributed by atoms with E-state index >= 15 is 0 Å². The lowest BCUT2D eigenvalue weighted by atomic mass is 10.1. The minimum absolute atomic E-state index is 0.112. The van der Waals surface area contributed by atoms with Crippen LogP contribution in [-0.2, 0) is 6.54 Å². The topological polar surface area (TPSA) is 70.6 Å². The number of hydrogen-bond donors (Lipinski definition) is 3. The molecule has 0 aliphatic carbocycles. The fourth-order valence-corrected chi connectivity index (χ4v) is 1.32. The highest BCUT2D eigenvalue weighted by Crippen LogP contribution is 2.09. The predicted molar refractivity (Wildman–Crippen MR) is 64.1 cm³/mol. The number of hydrogen-bond acceptors (Lipinski definition) is 3. The molecule has 1 aromatic rings. The molecule has 90 valence electrons. The third-order valence-corrected chi connectivity index (χ3v) is 2.08. The first-order valence-corrected chi connectivity index (χ1v) is 5.05. The van der Waals surface area contributed by atoms with Crippen LogP contribution >= 0.6 is 0 Å². The number of nitrogens with zero attached hydrogens (tertiary/aromatic N) is 1. The maximum Gasteiger partial charge on any atom is 0.170 e. The third kappa shape index (κ3) is 4.13. The van der Waals surface area contributed by atoms with Gasteiger partial charge in [-0.25, -0.2) is 4.39 Å². The quantitative estimate of drug-likeness (QED) is 0.182. The molecule has 0 radical (unpaired) electrons. The van der Waals surface area contributed by atoms with E-state index in [-0.39, 0.29) is 5.84 Å². The first-order chi connectivity index (χ1) is 8.17. The Morgan fingerprint density at radius 3 is 2.94 bits per heavy atom. The molecular weight excluding hydrogens is 221 g/mol. The Morgan fingerprint density at radius 2 is 2.29 bits per heavy atom. The van der Waals surface area contributed by atoms with E-state index in [4.69, 9.17) is 10.9 Å². The van der Waals surface area contributed by atoms with E-state index < -0.39 is 5.82 Å².